The van der Waals surface area contributed by atoms with Crippen LogP contribution in [0.3, 0.4) is 0 Å². The Morgan fingerprint density at radius 1 is 1.06 bits per heavy atom. The highest BCUT2D eigenvalue weighted by Crippen LogP contribution is 1.82. The molecular weight excluding hydrogens is 238 g/mol. The minimum Gasteiger partial charge on any atom is -0.379 e. The van der Waals surface area contributed by atoms with Crippen LogP contribution in [0.2, 0.25) is 0 Å². The Bertz CT molecular complexity index is 265. The molecule has 104 valence electrons. The summed E-state index contributed by atoms with van der Waals surface area (Å²) in [7, 11) is 0. The second kappa shape index (κ2) is 12.2. The van der Waals surface area contributed by atoms with Gasteiger partial charge < -0.3 is 14.3 Å². The van der Waals surface area contributed by atoms with Crippen molar-refractivity contribution in [3.63, 3.8) is 0 Å². The minimum absolute atomic E-state index is 0.206. The summed E-state index contributed by atoms with van der Waals surface area (Å²) < 4.78 is 10.4. The molecule has 0 bridgehead atoms. The van der Waals surface area contributed by atoms with Gasteiger partial charge in [0.2, 0.25) is 0 Å². The van der Waals surface area contributed by atoms with Gasteiger partial charge in [0, 0.05) is 12.7 Å². The van der Waals surface area contributed by atoms with Crippen LogP contribution in [0, 0.1) is 0 Å². The molecule has 0 saturated carbocycles. The number of ether oxygens (including phenoxy) is 2. The molecule has 1 N–H and O–H groups in total. The fourth-order valence-corrected chi connectivity index (χ4v) is 0.922. The summed E-state index contributed by atoms with van der Waals surface area (Å²) in [6, 6.07) is 0. The zero-order chi connectivity index (χ0) is 13.6. The van der Waals surface area contributed by atoms with E-state index in [4.69, 9.17) is 9.47 Å². The second-order valence-electron chi connectivity index (χ2n) is 3.48. The molecule has 0 rings (SSSR count). The molecule has 0 aliphatic heterocycles. The van der Waals surface area contributed by atoms with E-state index in [1.807, 2.05) is 6.92 Å². The summed E-state index contributed by atoms with van der Waals surface area (Å²) in [5, 5.41) is 0. The highest BCUT2D eigenvalue weighted by molar-refractivity contribution is 5.94. The Hall–Kier alpha value is -1.24. The largest absolute Gasteiger partial charge is 0.379 e. The molecule has 0 heterocycles. The van der Waals surface area contributed by atoms with Crippen molar-refractivity contribution in [2.75, 3.05) is 33.0 Å². The molecule has 0 unspecified atom stereocenters. The maximum absolute atomic E-state index is 11.0. The SMILES string of the molecule is CCCOCCOCCNOC(=O)/C=C\C(C)=O. The summed E-state index contributed by atoms with van der Waals surface area (Å²) in [6.07, 6.45) is 3.20. The first kappa shape index (κ1) is 16.8. The van der Waals surface area contributed by atoms with Gasteiger partial charge in [0.05, 0.1) is 26.4 Å². The minimum atomic E-state index is -0.614. The number of hydroxylamine groups is 1. The molecule has 0 aromatic carbocycles. The second-order valence-corrected chi connectivity index (χ2v) is 3.48. The Balaban J connectivity index is 3.25. The van der Waals surface area contributed by atoms with Crippen molar-refractivity contribution in [3.8, 4) is 0 Å². The van der Waals surface area contributed by atoms with E-state index in [-0.39, 0.29) is 5.78 Å². The third-order valence-electron chi connectivity index (χ3n) is 1.70. The van der Waals surface area contributed by atoms with Crippen LogP contribution in [-0.2, 0) is 23.9 Å². The quantitative estimate of drug-likeness (QED) is 0.333. The van der Waals surface area contributed by atoms with Gasteiger partial charge in [0.15, 0.2) is 5.78 Å². The van der Waals surface area contributed by atoms with Gasteiger partial charge in [-0.05, 0) is 19.4 Å². The molecule has 0 spiro atoms. The van der Waals surface area contributed by atoms with Crippen LogP contribution in [0.15, 0.2) is 12.2 Å². The molecule has 6 nitrogen and oxygen atoms in total. The number of carbonyl (C=O) groups is 2. The predicted molar refractivity (Wildman–Crippen MR) is 65.8 cm³/mol. The molecule has 0 radical (unpaired) electrons. The monoisotopic (exact) mass is 259 g/mol. The molecule has 0 aromatic heterocycles. The van der Waals surface area contributed by atoms with E-state index >= 15 is 0 Å². The first-order valence-electron chi connectivity index (χ1n) is 5.94. The lowest BCUT2D eigenvalue weighted by atomic mass is 10.4. The fourth-order valence-electron chi connectivity index (χ4n) is 0.922. The predicted octanol–water partition coefficient (Wildman–Crippen LogP) is 0.623. The highest BCUT2D eigenvalue weighted by Gasteiger charge is 1.97. The van der Waals surface area contributed by atoms with Gasteiger partial charge in [-0.1, -0.05) is 6.92 Å². The van der Waals surface area contributed by atoms with Crippen LogP contribution in [0.1, 0.15) is 20.3 Å². The molecule has 0 saturated heterocycles. The van der Waals surface area contributed by atoms with Crippen molar-refractivity contribution < 1.29 is 23.9 Å². The van der Waals surface area contributed by atoms with E-state index in [0.717, 1.165) is 25.2 Å². The Morgan fingerprint density at radius 3 is 2.33 bits per heavy atom. The summed E-state index contributed by atoms with van der Waals surface area (Å²) in [5.74, 6) is -0.821. The number of rotatable bonds is 11. The molecule has 0 atom stereocenters. The van der Waals surface area contributed by atoms with Crippen molar-refractivity contribution in [3.05, 3.63) is 12.2 Å². The molecule has 6 heteroatoms. The normalized spacial score (nSPS) is 10.8. The van der Waals surface area contributed by atoms with E-state index in [1.165, 1.54) is 6.92 Å². The van der Waals surface area contributed by atoms with Gasteiger partial charge >= 0.3 is 5.97 Å². The number of hydrogen-bond donors (Lipinski definition) is 1. The lowest BCUT2D eigenvalue weighted by molar-refractivity contribution is -0.145. The highest BCUT2D eigenvalue weighted by atomic mass is 16.7. The molecular formula is C12H21NO5. The molecule has 18 heavy (non-hydrogen) atoms. The number of nitrogens with one attached hydrogen (secondary N) is 1. The number of ketones is 1. The maximum atomic E-state index is 11.0. The Morgan fingerprint density at radius 2 is 1.72 bits per heavy atom. The van der Waals surface area contributed by atoms with Crippen molar-refractivity contribution >= 4 is 11.8 Å². The maximum Gasteiger partial charge on any atom is 0.349 e. The standard InChI is InChI=1S/C12H21NO5/c1-3-7-16-9-10-17-8-6-13-18-12(15)5-4-11(2)14/h4-5,13H,3,6-10H2,1-2H3/b5-4-. The van der Waals surface area contributed by atoms with Crippen LogP contribution < -0.4 is 5.48 Å². The van der Waals surface area contributed by atoms with Crippen LogP contribution >= 0.6 is 0 Å². The first-order chi connectivity index (χ1) is 8.66. The third kappa shape index (κ3) is 12.8. The molecule has 0 aromatic rings. The van der Waals surface area contributed by atoms with Crippen LogP contribution in [0.5, 0.6) is 0 Å². The van der Waals surface area contributed by atoms with Gasteiger partial charge in [-0.15, -0.1) is 0 Å². The third-order valence-corrected chi connectivity index (χ3v) is 1.70. The van der Waals surface area contributed by atoms with E-state index in [0.29, 0.717) is 26.4 Å². The van der Waals surface area contributed by atoms with Crippen molar-refractivity contribution in [2.24, 2.45) is 0 Å². The Labute approximate surface area is 107 Å². The van der Waals surface area contributed by atoms with E-state index in [2.05, 4.69) is 10.3 Å². The summed E-state index contributed by atoms with van der Waals surface area (Å²) in [6.45, 7) is 6.01. The fraction of sp³-hybridized carbons (Fsp3) is 0.667. The molecule has 0 aliphatic carbocycles. The lowest BCUT2D eigenvalue weighted by Gasteiger charge is -2.05. The summed E-state index contributed by atoms with van der Waals surface area (Å²) >= 11 is 0. The summed E-state index contributed by atoms with van der Waals surface area (Å²) in [5.41, 5.74) is 2.43. The van der Waals surface area contributed by atoms with Crippen molar-refractivity contribution in [1.29, 1.82) is 0 Å². The van der Waals surface area contributed by atoms with E-state index in [1.54, 1.807) is 0 Å². The van der Waals surface area contributed by atoms with Gasteiger partial charge in [-0.25, -0.2) is 4.79 Å². The molecule has 0 aliphatic rings. The average Bonchev–Trinajstić information content (AvgIpc) is 2.34. The number of carbonyl (C=O) groups excluding carboxylic acids is 2. The number of allylic oxidation sites excluding steroid dienone is 1. The van der Waals surface area contributed by atoms with Gasteiger partial charge in [0.1, 0.15) is 0 Å². The van der Waals surface area contributed by atoms with Crippen molar-refractivity contribution in [2.45, 2.75) is 20.3 Å². The Kier molecular flexibility index (Phi) is 11.4. The summed E-state index contributed by atoms with van der Waals surface area (Å²) in [4.78, 5) is 26.1. The van der Waals surface area contributed by atoms with Crippen LogP contribution in [-0.4, -0.2) is 44.7 Å². The van der Waals surface area contributed by atoms with Gasteiger partial charge in [0.25, 0.3) is 0 Å². The average molecular weight is 259 g/mol. The van der Waals surface area contributed by atoms with Crippen molar-refractivity contribution in [1.82, 2.24) is 5.48 Å². The van der Waals surface area contributed by atoms with E-state index in [9.17, 15) is 9.59 Å². The zero-order valence-corrected chi connectivity index (χ0v) is 10.9. The molecule has 0 fully saturated rings. The first-order valence-corrected chi connectivity index (χ1v) is 5.94. The van der Waals surface area contributed by atoms with Gasteiger partial charge in [-0.3, -0.25) is 4.79 Å². The smallest absolute Gasteiger partial charge is 0.349 e. The number of hydrogen-bond acceptors (Lipinski definition) is 6. The molecule has 0 amide bonds. The topological polar surface area (TPSA) is 73.9 Å². The lowest BCUT2D eigenvalue weighted by Crippen LogP contribution is -2.23. The van der Waals surface area contributed by atoms with Gasteiger partial charge in [-0.2, -0.15) is 5.48 Å². The van der Waals surface area contributed by atoms with Crippen LogP contribution in [0.25, 0.3) is 0 Å². The zero-order valence-electron chi connectivity index (χ0n) is 10.9. The van der Waals surface area contributed by atoms with Crippen LogP contribution in [0.4, 0.5) is 0 Å². The van der Waals surface area contributed by atoms with E-state index < -0.39 is 5.97 Å².